The SMILES string of the molecule is NC(=O)C1(NC(=O)c2ccc(Br)cc2OC(F)F)CC1. The molecule has 3 N–H and O–H groups in total. The molecule has 1 aliphatic carbocycles. The molecule has 1 aromatic carbocycles. The second-order valence-electron chi connectivity index (χ2n) is 4.42. The Morgan fingerprint density at radius 2 is 2.05 bits per heavy atom. The maximum atomic E-state index is 12.3. The van der Waals surface area contributed by atoms with Gasteiger partial charge >= 0.3 is 6.61 Å². The van der Waals surface area contributed by atoms with E-state index in [0.29, 0.717) is 17.3 Å². The summed E-state index contributed by atoms with van der Waals surface area (Å²) in [6.07, 6.45) is 0.880. The Morgan fingerprint density at radius 1 is 1.40 bits per heavy atom. The van der Waals surface area contributed by atoms with Gasteiger partial charge in [0.05, 0.1) is 5.56 Å². The molecule has 0 aliphatic heterocycles. The number of carbonyl (C=O) groups is 2. The predicted molar refractivity (Wildman–Crippen MR) is 69.4 cm³/mol. The van der Waals surface area contributed by atoms with Crippen LogP contribution < -0.4 is 15.8 Å². The molecular formula is C12H11BrF2N2O3. The van der Waals surface area contributed by atoms with Gasteiger partial charge in [-0.05, 0) is 31.0 Å². The van der Waals surface area contributed by atoms with E-state index < -0.39 is 24.0 Å². The van der Waals surface area contributed by atoms with E-state index in [2.05, 4.69) is 26.0 Å². The summed E-state index contributed by atoms with van der Waals surface area (Å²) in [6, 6.07) is 4.09. The number of alkyl halides is 2. The van der Waals surface area contributed by atoms with E-state index in [4.69, 9.17) is 5.73 Å². The minimum absolute atomic E-state index is 0.0824. The van der Waals surface area contributed by atoms with Gasteiger partial charge in [0.15, 0.2) is 0 Å². The molecule has 20 heavy (non-hydrogen) atoms. The molecule has 1 aromatic rings. The minimum Gasteiger partial charge on any atom is -0.434 e. The molecule has 0 spiro atoms. The standard InChI is InChI=1S/C12H11BrF2N2O3/c13-6-1-2-7(8(5-6)20-11(14)15)9(18)17-12(3-4-12)10(16)19/h1-2,5,11H,3-4H2,(H2,16,19)(H,17,18). The van der Waals surface area contributed by atoms with Crippen molar-refractivity contribution in [3.8, 4) is 5.75 Å². The fourth-order valence-corrected chi connectivity index (χ4v) is 2.06. The zero-order valence-corrected chi connectivity index (χ0v) is 11.7. The number of primary amides is 1. The highest BCUT2D eigenvalue weighted by Crippen LogP contribution is 2.36. The normalized spacial score (nSPS) is 15.8. The van der Waals surface area contributed by atoms with Gasteiger partial charge < -0.3 is 15.8 Å². The zero-order valence-electron chi connectivity index (χ0n) is 10.2. The predicted octanol–water partition coefficient (Wildman–Crippen LogP) is 1.80. The average molecular weight is 349 g/mol. The van der Waals surface area contributed by atoms with Crippen molar-refractivity contribution >= 4 is 27.7 Å². The van der Waals surface area contributed by atoms with Crippen molar-refractivity contribution in [2.45, 2.75) is 25.0 Å². The molecule has 1 aliphatic rings. The fraction of sp³-hybridized carbons (Fsp3) is 0.333. The van der Waals surface area contributed by atoms with Crippen LogP contribution in [0.4, 0.5) is 8.78 Å². The van der Waals surface area contributed by atoms with Gasteiger partial charge in [-0.25, -0.2) is 0 Å². The first-order chi connectivity index (χ1) is 9.34. The molecule has 0 radical (unpaired) electrons. The fourth-order valence-electron chi connectivity index (χ4n) is 1.72. The van der Waals surface area contributed by atoms with E-state index in [1.54, 1.807) is 0 Å². The lowest BCUT2D eigenvalue weighted by atomic mass is 10.1. The molecule has 1 fully saturated rings. The van der Waals surface area contributed by atoms with Gasteiger partial charge in [0.25, 0.3) is 5.91 Å². The van der Waals surface area contributed by atoms with Crippen molar-refractivity contribution in [3.63, 3.8) is 0 Å². The monoisotopic (exact) mass is 348 g/mol. The average Bonchev–Trinajstić information content (AvgIpc) is 3.09. The quantitative estimate of drug-likeness (QED) is 0.851. The van der Waals surface area contributed by atoms with Gasteiger partial charge in [0.2, 0.25) is 5.91 Å². The van der Waals surface area contributed by atoms with Crippen molar-refractivity contribution in [2.24, 2.45) is 5.73 Å². The number of hydrogen-bond acceptors (Lipinski definition) is 3. The van der Waals surface area contributed by atoms with Gasteiger partial charge in [0, 0.05) is 4.47 Å². The van der Waals surface area contributed by atoms with Crippen LogP contribution in [0.15, 0.2) is 22.7 Å². The first-order valence-corrected chi connectivity index (χ1v) is 6.50. The Morgan fingerprint density at radius 3 is 2.55 bits per heavy atom. The molecule has 0 heterocycles. The lowest BCUT2D eigenvalue weighted by Crippen LogP contribution is -2.46. The van der Waals surface area contributed by atoms with Gasteiger partial charge in [-0.2, -0.15) is 8.78 Å². The minimum atomic E-state index is -3.05. The Labute approximate surface area is 121 Å². The molecule has 0 aromatic heterocycles. The van der Waals surface area contributed by atoms with Crippen LogP contribution in [0.2, 0.25) is 0 Å². The summed E-state index contributed by atoms with van der Waals surface area (Å²) in [6.45, 7) is -3.05. The molecule has 0 unspecified atom stereocenters. The van der Waals surface area contributed by atoms with Gasteiger partial charge in [-0.1, -0.05) is 15.9 Å². The van der Waals surface area contributed by atoms with E-state index in [9.17, 15) is 18.4 Å². The number of halogens is 3. The number of rotatable bonds is 5. The Balaban J connectivity index is 2.23. The largest absolute Gasteiger partial charge is 0.434 e. The molecular weight excluding hydrogens is 338 g/mol. The molecule has 5 nitrogen and oxygen atoms in total. The second-order valence-corrected chi connectivity index (χ2v) is 5.34. The molecule has 0 bridgehead atoms. The highest BCUT2D eigenvalue weighted by atomic mass is 79.9. The zero-order chi connectivity index (χ0) is 14.9. The molecule has 0 saturated heterocycles. The molecule has 1 saturated carbocycles. The Bertz CT molecular complexity index is 562. The van der Waals surface area contributed by atoms with Crippen molar-refractivity contribution in [1.29, 1.82) is 0 Å². The van der Waals surface area contributed by atoms with Crippen LogP contribution in [0.5, 0.6) is 5.75 Å². The second kappa shape index (κ2) is 5.35. The van der Waals surface area contributed by atoms with Crippen LogP contribution in [0, 0.1) is 0 Å². The molecule has 2 rings (SSSR count). The van der Waals surface area contributed by atoms with E-state index >= 15 is 0 Å². The van der Waals surface area contributed by atoms with Crippen LogP contribution in [0.25, 0.3) is 0 Å². The maximum absolute atomic E-state index is 12.3. The summed E-state index contributed by atoms with van der Waals surface area (Å²) >= 11 is 3.10. The van der Waals surface area contributed by atoms with E-state index in [1.807, 2.05) is 0 Å². The highest BCUT2D eigenvalue weighted by molar-refractivity contribution is 9.10. The van der Waals surface area contributed by atoms with Crippen LogP contribution in [0.3, 0.4) is 0 Å². The topological polar surface area (TPSA) is 81.4 Å². The summed E-state index contributed by atoms with van der Waals surface area (Å²) in [5, 5.41) is 2.46. The number of amides is 2. The summed E-state index contributed by atoms with van der Waals surface area (Å²) in [5.74, 6) is -1.59. The van der Waals surface area contributed by atoms with Crippen LogP contribution in [-0.4, -0.2) is 24.0 Å². The smallest absolute Gasteiger partial charge is 0.387 e. The first-order valence-electron chi connectivity index (χ1n) is 5.71. The van der Waals surface area contributed by atoms with Crippen molar-refractivity contribution < 1.29 is 23.1 Å². The first kappa shape index (κ1) is 14.7. The maximum Gasteiger partial charge on any atom is 0.387 e. The summed E-state index contributed by atoms with van der Waals surface area (Å²) in [7, 11) is 0. The van der Waals surface area contributed by atoms with Crippen molar-refractivity contribution in [3.05, 3.63) is 28.2 Å². The molecule has 2 amide bonds. The number of carbonyl (C=O) groups excluding carboxylic acids is 2. The van der Waals surface area contributed by atoms with Crippen LogP contribution in [0.1, 0.15) is 23.2 Å². The van der Waals surface area contributed by atoms with Crippen molar-refractivity contribution in [1.82, 2.24) is 5.32 Å². The lowest BCUT2D eigenvalue weighted by molar-refractivity contribution is -0.120. The third-order valence-corrected chi connectivity index (χ3v) is 3.47. The van der Waals surface area contributed by atoms with Gasteiger partial charge in [0.1, 0.15) is 11.3 Å². The summed E-state index contributed by atoms with van der Waals surface area (Å²) in [5.41, 5.74) is 4.04. The third-order valence-electron chi connectivity index (χ3n) is 2.98. The highest BCUT2D eigenvalue weighted by Gasteiger charge is 2.50. The lowest BCUT2D eigenvalue weighted by Gasteiger charge is -2.15. The number of hydrogen-bond donors (Lipinski definition) is 2. The number of nitrogens with two attached hydrogens (primary N) is 1. The Kier molecular flexibility index (Phi) is 3.94. The number of ether oxygens (including phenoxy) is 1. The van der Waals surface area contributed by atoms with Crippen LogP contribution in [-0.2, 0) is 4.79 Å². The van der Waals surface area contributed by atoms with E-state index in [-0.39, 0.29) is 11.3 Å². The third kappa shape index (κ3) is 3.06. The van der Waals surface area contributed by atoms with Gasteiger partial charge in [-0.15, -0.1) is 0 Å². The van der Waals surface area contributed by atoms with E-state index in [1.165, 1.54) is 18.2 Å². The number of benzene rings is 1. The summed E-state index contributed by atoms with van der Waals surface area (Å²) < 4.78 is 29.5. The van der Waals surface area contributed by atoms with Gasteiger partial charge in [-0.3, -0.25) is 9.59 Å². The van der Waals surface area contributed by atoms with Crippen LogP contribution >= 0.6 is 15.9 Å². The Hall–Kier alpha value is -1.70. The summed E-state index contributed by atoms with van der Waals surface area (Å²) in [4.78, 5) is 23.3. The van der Waals surface area contributed by atoms with E-state index in [0.717, 1.165) is 0 Å². The number of nitrogens with one attached hydrogen (secondary N) is 1. The molecule has 8 heteroatoms. The van der Waals surface area contributed by atoms with Crippen molar-refractivity contribution in [2.75, 3.05) is 0 Å². The molecule has 108 valence electrons. The molecule has 0 atom stereocenters.